The van der Waals surface area contributed by atoms with Gasteiger partial charge in [-0.05, 0) is 22.8 Å². The van der Waals surface area contributed by atoms with Crippen molar-refractivity contribution in [2.45, 2.75) is 34.3 Å². The van der Waals surface area contributed by atoms with Gasteiger partial charge in [0.25, 0.3) is 11.8 Å². The highest BCUT2D eigenvalue weighted by Gasteiger charge is 2.55. The summed E-state index contributed by atoms with van der Waals surface area (Å²) < 4.78 is 23.2. The van der Waals surface area contributed by atoms with Gasteiger partial charge in [0.1, 0.15) is 17.1 Å². The van der Waals surface area contributed by atoms with Crippen LogP contribution in [0.4, 0.5) is 0 Å². The number of nitrogens with one attached hydrogen (secondary N) is 2. The zero-order valence-corrected chi connectivity index (χ0v) is 20.8. The molecule has 2 amide bonds. The number of β-lactam (4-membered cyclic amide) rings is 1. The van der Waals surface area contributed by atoms with Crippen LogP contribution >= 0.6 is 23.5 Å². The number of aliphatic carboxylic acids is 1. The van der Waals surface area contributed by atoms with Crippen LogP contribution in [0.1, 0.15) is 18.1 Å². The quantitative estimate of drug-likeness (QED) is 0.172. The Morgan fingerprint density at radius 1 is 1.33 bits per heavy atom. The van der Waals surface area contributed by atoms with Gasteiger partial charge >= 0.3 is 5.97 Å². The molecule has 36 heavy (non-hydrogen) atoms. The molecule has 14 nitrogen and oxygen atoms in total. The molecule has 1 saturated heterocycles. The number of rotatable bonds is 10. The van der Waals surface area contributed by atoms with E-state index in [0.29, 0.717) is 11.1 Å². The fraction of sp³-hybridized carbons (Fsp3) is 0.368. The van der Waals surface area contributed by atoms with E-state index in [1.807, 2.05) is 0 Å². The van der Waals surface area contributed by atoms with E-state index < -0.39 is 56.3 Å². The molecule has 1 aromatic carbocycles. The third kappa shape index (κ3) is 5.54. The van der Waals surface area contributed by atoms with Crippen LogP contribution in [-0.4, -0.2) is 90.1 Å². The topological polar surface area (TPSA) is 222 Å². The Bertz CT molecular complexity index is 1290. The zero-order valence-electron chi connectivity index (χ0n) is 18.3. The average Bonchev–Trinajstić information content (AvgIpc) is 3.36. The lowest BCUT2D eigenvalue weighted by atomic mass is 10.00. The fourth-order valence-corrected chi connectivity index (χ4v) is 7.07. The lowest BCUT2D eigenvalue weighted by Gasteiger charge is -2.50. The highest BCUT2D eigenvalue weighted by atomic mass is 32.2. The van der Waals surface area contributed by atoms with Crippen molar-refractivity contribution in [3.63, 3.8) is 0 Å². The minimum Gasteiger partial charge on any atom is -0.477 e. The molecule has 2 aliphatic heterocycles. The Balaban J connectivity index is 1.56. The summed E-state index contributed by atoms with van der Waals surface area (Å²) in [5.74, 6) is -3.14. The van der Waals surface area contributed by atoms with Crippen LogP contribution in [0.5, 0.6) is 0 Å². The minimum absolute atomic E-state index is 0.0547. The molecule has 2 aromatic rings. The average molecular weight is 556 g/mol. The number of benzene rings is 1. The predicted molar refractivity (Wildman–Crippen MR) is 128 cm³/mol. The van der Waals surface area contributed by atoms with E-state index in [4.69, 9.17) is 5.14 Å². The van der Waals surface area contributed by atoms with Crippen molar-refractivity contribution in [3.8, 4) is 0 Å². The number of carboxylic acid groups (broad SMARTS) is 1. The Morgan fingerprint density at radius 2 is 2.06 bits per heavy atom. The maximum atomic E-state index is 13.0. The van der Waals surface area contributed by atoms with E-state index in [0.717, 1.165) is 16.7 Å². The van der Waals surface area contributed by atoms with E-state index in [1.165, 1.54) is 11.8 Å². The molecule has 0 aliphatic carbocycles. The van der Waals surface area contributed by atoms with E-state index in [-0.39, 0.29) is 23.0 Å². The number of H-pyrrole nitrogens is 1. The van der Waals surface area contributed by atoms with E-state index >= 15 is 0 Å². The highest BCUT2D eigenvalue weighted by Crippen LogP contribution is 2.44. The van der Waals surface area contributed by atoms with Gasteiger partial charge in [-0.15, -0.1) is 22.0 Å². The predicted octanol–water partition coefficient (Wildman–Crippen LogP) is -1.19. The third-order valence-corrected chi connectivity index (χ3v) is 8.78. The number of aromatic amines is 1. The molecule has 4 rings (SSSR count). The monoisotopic (exact) mass is 555 g/mol. The molecule has 0 radical (unpaired) electrons. The van der Waals surface area contributed by atoms with Crippen LogP contribution in [0, 0.1) is 0 Å². The Morgan fingerprint density at radius 3 is 2.67 bits per heavy atom. The van der Waals surface area contributed by atoms with Gasteiger partial charge in [0, 0.05) is 11.0 Å². The van der Waals surface area contributed by atoms with Crippen LogP contribution in [0.2, 0.25) is 0 Å². The number of carboxylic acids is 1. The summed E-state index contributed by atoms with van der Waals surface area (Å²) >= 11 is 2.20. The number of aromatic nitrogens is 4. The molecule has 0 bridgehead atoms. The number of primary sulfonamides is 1. The minimum atomic E-state index is -3.86. The third-order valence-electron chi connectivity index (χ3n) is 5.49. The summed E-state index contributed by atoms with van der Waals surface area (Å²) in [6.45, 7) is 0. The molecule has 192 valence electrons. The van der Waals surface area contributed by atoms with Crippen molar-refractivity contribution in [2.75, 3.05) is 11.5 Å². The molecule has 1 aromatic heterocycles. The Hall–Kier alpha value is -2.99. The molecule has 2 aliphatic rings. The number of sulfonamides is 1. The molecule has 17 heteroatoms. The molecule has 0 saturated carbocycles. The summed E-state index contributed by atoms with van der Waals surface area (Å²) in [4.78, 5) is 38.8. The van der Waals surface area contributed by atoms with Crippen molar-refractivity contribution in [2.24, 2.45) is 5.14 Å². The first-order valence-electron chi connectivity index (χ1n) is 10.4. The number of aliphatic hydroxyl groups is 1. The van der Waals surface area contributed by atoms with Gasteiger partial charge in [-0.2, -0.15) is 5.21 Å². The number of amides is 2. The maximum Gasteiger partial charge on any atom is 0.352 e. The first kappa shape index (κ1) is 26.1. The van der Waals surface area contributed by atoms with Crippen molar-refractivity contribution < 1.29 is 33.0 Å². The molecular weight excluding hydrogens is 534 g/mol. The summed E-state index contributed by atoms with van der Waals surface area (Å²) in [7, 11) is -3.86. The van der Waals surface area contributed by atoms with Crippen LogP contribution < -0.4 is 10.5 Å². The van der Waals surface area contributed by atoms with Crippen molar-refractivity contribution in [1.82, 2.24) is 30.8 Å². The number of carbonyl (C=O) groups is 3. The van der Waals surface area contributed by atoms with Gasteiger partial charge in [0.2, 0.25) is 15.2 Å². The SMILES string of the molecule is NS(=O)(=O)CCC(Sc1nn[nH]n1)C1=C(C(=O)O)N2C(=O)C(NC(=O)C(O)c3ccccc3)[C@@H]2SC1. The van der Waals surface area contributed by atoms with Crippen LogP contribution in [-0.2, 0) is 24.4 Å². The maximum absolute atomic E-state index is 13.0. The number of fused-ring (bicyclic) bond motifs is 1. The standard InChI is InChI=1S/C19H21N7O7S3/c20-36(32,33)7-6-11(35-19-22-24-25-23-19)10-8-34-17-12(16(29)26(17)13(10)18(30)31)21-15(28)14(27)9-4-2-1-3-5-9/h1-5,11-12,14,17,27H,6-8H2,(H,21,28)(H,30,31)(H2,20,32,33)(H,22,23,24,25)/t11?,12?,14?,17-/m0/s1. The van der Waals surface area contributed by atoms with Crippen LogP contribution in [0.25, 0.3) is 0 Å². The molecule has 6 N–H and O–H groups in total. The van der Waals surface area contributed by atoms with Crippen molar-refractivity contribution in [3.05, 3.63) is 47.2 Å². The van der Waals surface area contributed by atoms with E-state index in [2.05, 4.69) is 25.9 Å². The summed E-state index contributed by atoms with van der Waals surface area (Å²) in [5, 5.41) is 40.0. The molecule has 3 heterocycles. The van der Waals surface area contributed by atoms with Crippen LogP contribution in [0.15, 0.2) is 46.8 Å². The van der Waals surface area contributed by atoms with Gasteiger partial charge < -0.3 is 15.5 Å². The Kier molecular flexibility index (Phi) is 7.65. The normalized spacial score (nSPS) is 21.4. The number of tetrazole rings is 1. The van der Waals surface area contributed by atoms with Crippen molar-refractivity contribution in [1.29, 1.82) is 0 Å². The van der Waals surface area contributed by atoms with E-state index in [9.17, 15) is 33.0 Å². The van der Waals surface area contributed by atoms with Crippen LogP contribution in [0.3, 0.4) is 0 Å². The lowest BCUT2D eigenvalue weighted by molar-refractivity contribution is -0.151. The van der Waals surface area contributed by atoms with Gasteiger partial charge in [-0.25, -0.2) is 18.4 Å². The van der Waals surface area contributed by atoms with Crippen molar-refractivity contribution >= 4 is 51.3 Å². The molecular formula is C19H21N7O7S3. The molecule has 0 spiro atoms. The molecule has 4 atom stereocenters. The number of carbonyl (C=O) groups excluding carboxylic acids is 2. The molecule has 1 fully saturated rings. The summed E-state index contributed by atoms with van der Waals surface area (Å²) in [6, 6.07) is 7.13. The number of nitrogens with zero attached hydrogens (tertiary/aromatic N) is 4. The zero-order chi connectivity index (χ0) is 26.0. The van der Waals surface area contributed by atoms with Gasteiger partial charge in [-0.1, -0.05) is 42.1 Å². The Labute approximate surface area is 213 Å². The van der Waals surface area contributed by atoms with E-state index in [1.54, 1.807) is 30.3 Å². The lowest BCUT2D eigenvalue weighted by Crippen LogP contribution is -2.71. The second-order valence-corrected chi connectivity index (χ2v) is 11.9. The second-order valence-electron chi connectivity index (χ2n) is 7.84. The first-order valence-corrected chi connectivity index (χ1v) is 14.1. The number of thioether (sulfide) groups is 2. The summed E-state index contributed by atoms with van der Waals surface area (Å²) in [5.41, 5.74) is 0.345. The largest absolute Gasteiger partial charge is 0.477 e. The number of hydrogen-bond acceptors (Lipinski definition) is 11. The number of nitrogens with two attached hydrogens (primary N) is 1. The summed E-state index contributed by atoms with van der Waals surface area (Å²) in [6.07, 6.45) is -1.55. The highest BCUT2D eigenvalue weighted by molar-refractivity contribution is 8.01. The molecule has 3 unspecified atom stereocenters. The van der Waals surface area contributed by atoms with Gasteiger partial charge in [-0.3, -0.25) is 14.5 Å². The van der Waals surface area contributed by atoms with Gasteiger partial charge in [0.05, 0.1) is 5.75 Å². The second kappa shape index (κ2) is 10.6. The van der Waals surface area contributed by atoms with Gasteiger partial charge in [0.15, 0.2) is 6.10 Å². The number of aliphatic hydroxyl groups excluding tert-OH is 1. The fourth-order valence-electron chi connectivity index (χ4n) is 3.81. The number of hydrogen-bond donors (Lipinski definition) is 5. The first-order chi connectivity index (χ1) is 17.1. The smallest absolute Gasteiger partial charge is 0.352 e.